The Morgan fingerprint density at radius 2 is 0.982 bits per heavy atom. The second-order valence-electron chi connectivity index (χ2n) is 14.8. The van der Waals surface area contributed by atoms with Gasteiger partial charge in [-0.2, -0.15) is 0 Å². The summed E-state index contributed by atoms with van der Waals surface area (Å²) < 4.78 is 0. The summed E-state index contributed by atoms with van der Waals surface area (Å²) in [4.78, 5) is 9.85. The largest absolute Gasteiger partial charge is 0.228 e. The van der Waals surface area contributed by atoms with Crippen molar-refractivity contribution in [2.24, 2.45) is 0 Å². The molecule has 8 aromatic rings. The first kappa shape index (κ1) is 33.9. The maximum absolute atomic E-state index is 4.96. The first-order chi connectivity index (χ1) is 26.9. The maximum Gasteiger partial charge on any atom is 0.160 e. The highest BCUT2D eigenvalue weighted by Crippen LogP contribution is 2.49. The number of nitrogens with zero attached hydrogens (tertiary/aromatic N) is 2. The van der Waals surface area contributed by atoms with Crippen LogP contribution in [-0.2, 0) is 5.41 Å². The predicted molar refractivity (Wildman–Crippen MR) is 233 cm³/mol. The van der Waals surface area contributed by atoms with Gasteiger partial charge in [0.2, 0.25) is 0 Å². The van der Waals surface area contributed by atoms with E-state index in [0.29, 0.717) is 5.82 Å². The maximum atomic E-state index is 4.96. The molecule has 0 saturated heterocycles. The third kappa shape index (κ3) is 6.22. The lowest BCUT2D eigenvalue weighted by Gasteiger charge is -2.22. The lowest BCUT2D eigenvalue weighted by molar-refractivity contribution is 0.660. The molecule has 1 heterocycles. The van der Waals surface area contributed by atoms with Crippen molar-refractivity contribution in [3.05, 3.63) is 212 Å². The fourth-order valence-electron chi connectivity index (χ4n) is 8.04. The van der Waals surface area contributed by atoms with Crippen molar-refractivity contribution in [2.45, 2.75) is 19.3 Å². The number of allylic oxidation sites excluding steroid dienone is 4. The Balaban J connectivity index is 1.02. The van der Waals surface area contributed by atoms with Gasteiger partial charge in [-0.1, -0.05) is 179 Å². The van der Waals surface area contributed by atoms with Gasteiger partial charge < -0.3 is 0 Å². The predicted octanol–water partition coefficient (Wildman–Crippen LogP) is 14.0. The monoisotopic (exact) mass is 704 g/mol. The van der Waals surface area contributed by atoms with Gasteiger partial charge in [-0.05, 0) is 96.7 Å². The molecule has 0 atom stereocenters. The van der Waals surface area contributed by atoms with Gasteiger partial charge in [0.05, 0.1) is 11.4 Å². The summed E-state index contributed by atoms with van der Waals surface area (Å²) in [5.74, 6) is 0.619. The average molecular weight is 705 g/mol. The molecule has 0 radical (unpaired) electrons. The van der Waals surface area contributed by atoms with Crippen molar-refractivity contribution in [3.63, 3.8) is 0 Å². The van der Waals surface area contributed by atoms with Crippen LogP contribution >= 0.6 is 0 Å². The Bertz CT molecular complexity index is 2800. The summed E-state index contributed by atoms with van der Waals surface area (Å²) in [5, 5.41) is 2.42. The van der Waals surface area contributed by atoms with Crippen molar-refractivity contribution < 1.29 is 0 Å². The Kier molecular flexibility index (Phi) is 8.52. The first-order valence-electron chi connectivity index (χ1n) is 18.8. The lowest BCUT2D eigenvalue weighted by atomic mass is 9.81. The highest BCUT2D eigenvalue weighted by Gasteiger charge is 2.35. The molecule has 1 aliphatic carbocycles. The Labute approximate surface area is 323 Å². The van der Waals surface area contributed by atoms with Gasteiger partial charge in [0.25, 0.3) is 0 Å². The number of hydrogen-bond acceptors (Lipinski definition) is 2. The van der Waals surface area contributed by atoms with Gasteiger partial charge in [0.15, 0.2) is 5.82 Å². The highest BCUT2D eigenvalue weighted by atomic mass is 14.9. The van der Waals surface area contributed by atoms with Crippen LogP contribution in [0.5, 0.6) is 0 Å². The molecule has 1 aromatic heterocycles. The quantitative estimate of drug-likeness (QED) is 0.147. The number of rotatable bonds is 8. The van der Waals surface area contributed by atoms with Crippen LogP contribution in [0.15, 0.2) is 195 Å². The molecule has 262 valence electrons. The van der Waals surface area contributed by atoms with Gasteiger partial charge in [-0.3, -0.25) is 0 Å². The molecule has 9 rings (SSSR count). The van der Waals surface area contributed by atoms with Crippen molar-refractivity contribution in [3.8, 4) is 67.0 Å². The Morgan fingerprint density at radius 3 is 1.67 bits per heavy atom. The van der Waals surface area contributed by atoms with Gasteiger partial charge in [0.1, 0.15) is 0 Å². The van der Waals surface area contributed by atoms with Crippen molar-refractivity contribution in [1.82, 2.24) is 9.97 Å². The van der Waals surface area contributed by atoms with Crippen LogP contribution < -0.4 is 0 Å². The van der Waals surface area contributed by atoms with Crippen LogP contribution in [0.4, 0.5) is 0 Å². The molecular formula is C53H40N2. The minimum atomic E-state index is -0.0281. The number of aromatic nitrogens is 2. The van der Waals surface area contributed by atoms with Crippen molar-refractivity contribution >= 4 is 16.3 Å². The van der Waals surface area contributed by atoms with Crippen molar-refractivity contribution in [1.29, 1.82) is 0 Å². The molecule has 7 aromatic carbocycles. The smallest absolute Gasteiger partial charge is 0.160 e. The Morgan fingerprint density at radius 1 is 0.455 bits per heavy atom. The third-order valence-corrected chi connectivity index (χ3v) is 11.0. The van der Waals surface area contributed by atoms with Crippen LogP contribution in [0.2, 0.25) is 0 Å². The van der Waals surface area contributed by atoms with Crippen LogP contribution in [0.25, 0.3) is 83.4 Å². The van der Waals surface area contributed by atoms with E-state index in [-0.39, 0.29) is 5.41 Å². The summed E-state index contributed by atoms with van der Waals surface area (Å²) in [6.07, 6.45) is 5.40. The van der Waals surface area contributed by atoms with E-state index >= 15 is 0 Å². The molecule has 0 bridgehead atoms. The van der Waals surface area contributed by atoms with E-state index in [1.54, 1.807) is 12.2 Å². The van der Waals surface area contributed by atoms with E-state index in [9.17, 15) is 0 Å². The van der Waals surface area contributed by atoms with Crippen molar-refractivity contribution in [2.75, 3.05) is 0 Å². The molecular weight excluding hydrogens is 665 g/mol. The zero-order valence-corrected chi connectivity index (χ0v) is 31.1. The zero-order chi connectivity index (χ0) is 37.5. The van der Waals surface area contributed by atoms with Gasteiger partial charge in [-0.25, -0.2) is 9.97 Å². The molecule has 0 saturated carbocycles. The molecule has 0 fully saturated rings. The number of hydrogen-bond donors (Lipinski definition) is 0. The summed E-state index contributed by atoms with van der Waals surface area (Å²) >= 11 is 0. The van der Waals surface area contributed by atoms with E-state index in [1.165, 1.54) is 60.8 Å². The normalized spacial score (nSPS) is 12.9. The van der Waals surface area contributed by atoms with Crippen LogP contribution in [-0.4, -0.2) is 9.97 Å². The average Bonchev–Trinajstić information content (AvgIpc) is 3.48. The van der Waals surface area contributed by atoms with Crippen LogP contribution in [0, 0.1) is 0 Å². The molecule has 2 nitrogen and oxygen atoms in total. The van der Waals surface area contributed by atoms with Crippen LogP contribution in [0.1, 0.15) is 30.8 Å². The first-order valence-corrected chi connectivity index (χ1v) is 18.8. The number of fused-ring (bicyclic) bond motifs is 4. The molecule has 55 heavy (non-hydrogen) atoms. The minimum absolute atomic E-state index is 0.0281. The molecule has 1 aliphatic rings. The highest BCUT2D eigenvalue weighted by molar-refractivity contribution is 5.92. The zero-order valence-electron chi connectivity index (χ0n) is 31.1. The Hall–Kier alpha value is -6.90. The van der Waals surface area contributed by atoms with E-state index in [0.717, 1.165) is 33.7 Å². The van der Waals surface area contributed by atoms with E-state index in [1.807, 2.05) is 24.3 Å². The molecule has 0 amide bonds. The SMILES string of the molecule is C=C/C=C(\C=C)c1nc(-c2ccccc2)cc(-c2ccc(-c3ccc4ccc(-c5cccc(-c6ccc7c(c6)C(C)(C)c6ccccc6-7)c5)cc4c3)cc2)n1. The van der Waals surface area contributed by atoms with Gasteiger partial charge in [0, 0.05) is 22.1 Å². The molecule has 0 N–H and O–H groups in total. The fraction of sp³-hybridized carbons (Fsp3) is 0.0566. The van der Waals surface area contributed by atoms with Crippen LogP contribution in [0.3, 0.4) is 0 Å². The molecule has 0 spiro atoms. The van der Waals surface area contributed by atoms with E-state index in [2.05, 4.69) is 173 Å². The standard InChI is InChI=1S/C53H40N2/c1-5-13-35(6-2)52-54-50(38-14-8-7-9-15-38)34-51(55-52)39-24-20-36(21-25-39)42-26-22-37-23-27-43(32-45(37)31-42)40-16-12-17-41(30-40)44-28-29-47-46-18-10-11-19-48(46)53(3,4)49(47)33-44/h5-34H,1-2H2,3-4H3/b35-13+. The third-order valence-electron chi connectivity index (χ3n) is 11.0. The lowest BCUT2D eigenvalue weighted by Crippen LogP contribution is -2.14. The summed E-state index contributed by atoms with van der Waals surface area (Å²) in [6.45, 7) is 12.5. The second kappa shape index (κ2) is 13.8. The minimum Gasteiger partial charge on any atom is -0.228 e. The van der Waals surface area contributed by atoms with E-state index in [4.69, 9.17) is 9.97 Å². The fourth-order valence-corrected chi connectivity index (χ4v) is 8.04. The van der Waals surface area contributed by atoms with Gasteiger partial charge in [-0.15, -0.1) is 0 Å². The summed E-state index contributed by atoms with van der Waals surface area (Å²) in [5.41, 5.74) is 17.3. The van der Waals surface area contributed by atoms with Gasteiger partial charge >= 0.3 is 0 Å². The van der Waals surface area contributed by atoms with E-state index < -0.39 is 0 Å². The molecule has 2 heteroatoms. The number of benzene rings is 7. The summed E-state index contributed by atoms with van der Waals surface area (Å²) in [7, 11) is 0. The topological polar surface area (TPSA) is 25.8 Å². The second-order valence-corrected chi connectivity index (χ2v) is 14.8. The molecule has 0 unspecified atom stereocenters. The molecule has 0 aliphatic heterocycles. The summed E-state index contributed by atoms with van der Waals surface area (Å²) in [6, 6.07) is 59.2.